The van der Waals surface area contributed by atoms with Crippen LogP contribution < -0.4 is 0 Å². The van der Waals surface area contributed by atoms with Gasteiger partial charge < -0.3 is 0 Å². The molecule has 0 spiro atoms. The molecule has 94 valence electrons. The molecule has 0 aromatic carbocycles. The van der Waals surface area contributed by atoms with E-state index in [9.17, 15) is 0 Å². The lowest BCUT2D eigenvalue weighted by molar-refractivity contribution is 0.319. The molecule has 1 heterocycles. The Morgan fingerprint density at radius 2 is 1.76 bits per heavy atom. The van der Waals surface area contributed by atoms with Crippen molar-refractivity contribution in [2.24, 2.45) is 5.41 Å². The van der Waals surface area contributed by atoms with Crippen LogP contribution in [-0.2, 0) is 11.8 Å². The van der Waals surface area contributed by atoms with Gasteiger partial charge in [0.25, 0.3) is 0 Å². The Morgan fingerprint density at radius 3 is 2.29 bits per heavy atom. The minimum atomic E-state index is 0.201. The van der Waals surface area contributed by atoms with Gasteiger partial charge in [0.1, 0.15) is 0 Å². The Morgan fingerprint density at radius 1 is 1.12 bits per heavy atom. The van der Waals surface area contributed by atoms with Crippen molar-refractivity contribution >= 4 is 0 Å². The summed E-state index contributed by atoms with van der Waals surface area (Å²) in [5.74, 6) is 0.673. The van der Waals surface area contributed by atoms with E-state index < -0.39 is 0 Å². The van der Waals surface area contributed by atoms with Crippen LogP contribution in [0.25, 0.3) is 0 Å². The summed E-state index contributed by atoms with van der Waals surface area (Å²) in [4.78, 5) is 4.69. The van der Waals surface area contributed by atoms with E-state index in [1.807, 2.05) is 0 Å². The van der Waals surface area contributed by atoms with Crippen LogP contribution in [0, 0.1) is 5.41 Å². The molecule has 0 amide bonds. The van der Waals surface area contributed by atoms with Crippen LogP contribution in [0.15, 0.2) is 12.3 Å². The minimum absolute atomic E-state index is 0.201. The molecule has 1 atom stereocenters. The van der Waals surface area contributed by atoms with E-state index in [0.717, 1.165) is 6.42 Å². The number of aryl methyl sites for hydroxylation is 1. The second kappa shape index (κ2) is 3.83. The Hall–Kier alpha value is -0.850. The zero-order chi connectivity index (χ0) is 12.8. The van der Waals surface area contributed by atoms with Crippen molar-refractivity contribution < 1.29 is 0 Å². The smallest absolute Gasteiger partial charge is 0.0439 e. The maximum absolute atomic E-state index is 4.69. The third-order valence-electron chi connectivity index (χ3n) is 3.96. The van der Waals surface area contributed by atoms with Gasteiger partial charge in [0, 0.05) is 11.9 Å². The molecule has 0 fully saturated rings. The predicted octanol–water partition coefficient (Wildman–Crippen LogP) is 4.46. The van der Waals surface area contributed by atoms with Crippen molar-refractivity contribution in [3.63, 3.8) is 0 Å². The largest absolute Gasteiger partial charge is 0.261 e. The first-order valence-corrected chi connectivity index (χ1v) is 6.69. The highest BCUT2D eigenvalue weighted by Crippen LogP contribution is 2.44. The molecule has 0 saturated heterocycles. The molecule has 0 saturated carbocycles. The summed E-state index contributed by atoms with van der Waals surface area (Å²) in [6.45, 7) is 13.8. The van der Waals surface area contributed by atoms with Crippen molar-refractivity contribution in [1.29, 1.82) is 0 Å². The minimum Gasteiger partial charge on any atom is -0.261 e. The molecule has 1 aromatic heterocycles. The average Bonchev–Trinajstić information content (AvgIpc) is 2.57. The van der Waals surface area contributed by atoms with E-state index in [4.69, 9.17) is 0 Å². The second-order valence-electron chi connectivity index (χ2n) is 7.47. The van der Waals surface area contributed by atoms with Crippen LogP contribution in [0.5, 0.6) is 0 Å². The molecule has 17 heavy (non-hydrogen) atoms. The van der Waals surface area contributed by atoms with Crippen LogP contribution in [0.3, 0.4) is 0 Å². The molecule has 1 aliphatic rings. The van der Waals surface area contributed by atoms with E-state index in [1.54, 1.807) is 0 Å². The van der Waals surface area contributed by atoms with Crippen LogP contribution >= 0.6 is 0 Å². The maximum atomic E-state index is 4.69. The standard InChI is InChI=1S/C16H25N/c1-15(2,3)11-9-12-13(16(4,5)6)7-8-14(12)17-10-11/h9-10,13H,7-8H2,1-6H3. The van der Waals surface area contributed by atoms with Gasteiger partial charge in [-0.15, -0.1) is 0 Å². The number of pyridine rings is 1. The fourth-order valence-corrected chi connectivity index (χ4v) is 2.77. The van der Waals surface area contributed by atoms with Gasteiger partial charge in [-0.05, 0) is 40.7 Å². The van der Waals surface area contributed by atoms with E-state index in [1.165, 1.54) is 23.2 Å². The van der Waals surface area contributed by atoms with Crippen molar-refractivity contribution in [3.05, 3.63) is 29.1 Å². The van der Waals surface area contributed by atoms with E-state index in [-0.39, 0.29) is 5.41 Å². The molecule has 0 aliphatic heterocycles. The van der Waals surface area contributed by atoms with Gasteiger partial charge in [0.15, 0.2) is 0 Å². The van der Waals surface area contributed by atoms with Crippen LogP contribution in [0.4, 0.5) is 0 Å². The molecule has 1 unspecified atom stereocenters. The monoisotopic (exact) mass is 231 g/mol. The third-order valence-corrected chi connectivity index (χ3v) is 3.96. The van der Waals surface area contributed by atoms with E-state index >= 15 is 0 Å². The predicted molar refractivity (Wildman–Crippen MR) is 73.5 cm³/mol. The highest BCUT2D eigenvalue weighted by atomic mass is 14.7. The third kappa shape index (κ3) is 2.38. The molecule has 1 nitrogen and oxygen atoms in total. The lowest BCUT2D eigenvalue weighted by Gasteiger charge is -2.28. The van der Waals surface area contributed by atoms with Crippen LogP contribution in [0.2, 0.25) is 0 Å². The lowest BCUT2D eigenvalue weighted by atomic mass is 9.76. The molecular formula is C16H25N. The van der Waals surface area contributed by atoms with E-state index in [0.29, 0.717) is 11.3 Å². The highest BCUT2D eigenvalue weighted by molar-refractivity contribution is 5.36. The lowest BCUT2D eigenvalue weighted by Crippen LogP contribution is -2.18. The summed E-state index contributed by atoms with van der Waals surface area (Å²) in [7, 11) is 0. The van der Waals surface area contributed by atoms with Crippen LogP contribution in [-0.4, -0.2) is 4.98 Å². The van der Waals surface area contributed by atoms with Gasteiger partial charge in [-0.2, -0.15) is 0 Å². The van der Waals surface area contributed by atoms with Crippen molar-refractivity contribution in [2.75, 3.05) is 0 Å². The summed E-state index contributed by atoms with van der Waals surface area (Å²) in [6, 6.07) is 2.41. The average molecular weight is 231 g/mol. The molecule has 1 heteroatoms. The van der Waals surface area contributed by atoms with Crippen molar-refractivity contribution in [2.45, 2.75) is 65.7 Å². The molecule has 1 aromatic rings. The number of fused-ring (bicyclic) bond motifs is 1. The summed E-state index contributed by atoms with van der Waals surface area (Å²) in [5.41, 5.74) is 4.76. The van der Waals surface area contributed by atoms with E-state index in [2.05, 4.69) is 58.8 Å². The first-order chi connectivity index (χ1) is 7.69. The highest BCUT2D eigenvalue weighted by Gasteiger charge is 2.33. The number of aromatic nitrogens is 1. The van der Waals surface area contributed by atoms with Gasteiger partial charge in [-0.25, -0.2) is 0 Å². The Bertz CT molecular complexity index is 418. The van der Waals surface area contributed by atoms with Gasteiger partial charge in [0.05, 0.1) is 0 Å². The molecular weight excluding hydrogens is 206 g/mol. The summed E-state index contributed by atoms with van der Waals surface area (Å²) in [5, 5.41) is 0. The maximum Gasteiger partial charge on any atom is 0.0439 e. The zero-order valence-corrected chi connectivity index (χ0v) is 12.1. The Balaban J connectivity index is 2.45. The molecule has 2 rings (SSSR count). The van der Waals surface area contributed by atoms with Crippen molar-refractivity contribution in [1.82, 2.24) is 4.98 Å². The topological polar surface area (TPSA) is 12.9 Å². The normalized spacial score (nSPS) is 20.5. The second-order valence-corrected chi connectivity index (χ2v) is 7.47. The summed E-state index contributed by atoms with van der Waals surface area (Å²) in [6.07, 6.45) is 4.49. The first kappa shape index (κ1) is 12.6. The quantitative estimate of drug-likeness (QED) is 0.642. The van der Waals surface area contributed by atoms with Crippen LogP contribution in [0.1, 0.15) is 70.7 Å². The fraction of sp³-hybridized carbons (Fsp3) is 0.688. The number of rotatable bonds is 0. The first-order valence-electron chi connectivity index (χ1n) is 6.69. The molecule has 1 aliphatic carbocycles. The number of hydrogen-bond acceptors (Lipinski definition) is 1. The zero-order valence-electron chi connectivity index (χ0n) is 12.1. The molecule has 0 bridgehead atoms. The number of hydrogen-bond donors (Lipinski definition) is 0. The SMILES string of the molecule is CC(C)(C)c1cnc2c(c1)C(C(C)(C)C)CC2. The molecule has 0 N–H and O–H groups in total. The van der Waals surface area contributed by atoms with Gasteiger partial charge >= 0.3 is 0 Å². The summed E-state index contributed by atoms with van der Waals surface area (Å²) < 4.78 is 0. The van der Waals surface area contributed by atoms with Gasteiger partial charge in [-0.1, -0.05) is 47.6 Å². The van der Waals surface area contributed by atoms with Gasteiger partial charge in [0.2, 0.25) is 0 Å². The summed E-state index contributed by atoms with van der Waals surface area (Å²) >= 11 is 0. The fourth-order valence-electron chi connectivity index (χ4n) is 2.77. The van der Waals surface area contributed by atoms with Gasteiger partial charge in [-0.3, -0.25) is 4.98 Å². The Labute approximate surface area is 106 Å². The number of nitrogens with zero attached hydrogens (tertiary/aromatic N) is 1. The van der Waals surface area contributed by atoms with Crippen molar-refractivity contribution in [3.8, 4) is 0 Å². The Kier molecular flexibility index (Phi) is 2.84. The molecule has 0 radical (unpaired) electrons.